The van der Waals surface area contributed by atoms with Crippen LogP contribution in [0.5, 0.6) is 11.5 Å². The quantitative estimate of drug-likeness (QED) is 0.285. The highest BCUT2D eigenvalue weighted by molar-refractivity contribution is 6.16. The van der Waals surface area contributed by atoms with Gasteiger partial charge in [0.25, 0.3) is 0 Å². The Hall–Kier alpha value is -4.64. The van der Waals surface area contributed by atoms with Crippen LogP contribution in [0.2, 0.25) is 0 Å². The van der Waals surface area contributed by atoms with Crippen LogP contribution in [0.4, 0.5) is 14.9 Å². The van der Waals surface area contributed by atoms with Gasteiger partial charge in [0.1, 0.15) is 11.5 Å². The summed E-state index contributed by atoms with van der Waals surface area (Å²) in [6.07, 6.45) is 1.60. The lowest BCUT2D eigenvalue weighted by Gasteiger charge is -2.07. The number of carbonyl (C=O) groups is 2. The van der Waals surface area contributed by atoms with E-state index in [-0.39, 0.29) is 17.1 Å². The van der Waals surface area contributed by atoms with E-state index in [2.05, 4.69) is 20.7 Å². The van der Waals surface area contributed by atoms with E-state index in [1.807, 2.05) is 20.9 Å². The molecule has 3 heterocycles. The fourth-order valence-corrected chi connectivity index (χ4v) is 4.61. The van der Waals surface area contributed by atoms with Crippen molar-refractivity contribution in [2.75, 3.05) is 25.5 Å². The van der Waals surface area contributed by atoms with Gasteiger partial charge in [-0.15, -0.1) is 0 Å². The Morgan fingerprint density at radius 3 is 2.76 bits per heavy atom. The third-order valence-electron chi connectivity index (χ3n) is 6.50. The summed E-state index contributed by atoms with van der Waals surface area (Å²) < 4.78 is 28.0. The zero-order valence-electron chi connectivity index (χ0n) is 21.4. The summed E-state index contributed by atoms with van der Waals surface area (Å²) in [6, 6.07) is 7.37. The number of halogens is 1. The second kappa shape index (κ2) is 9.67. The number of amides is 2. The van der Waals surface area contributed by atoms with Crippen molar-refractivity contribution in [1.82, 2.24) is 20.1 Å². The summed E-state index contributed by atoms with van der Waals surface area (Å²) >= 11 is 0. The molecule has 0 bridgehead atoms. The number of Topliss-reactive ketones (excluding diaryl/α,β-unsaturated/α-hetero) is 1. The highest BCUT2D eigenvalue weighted by Crippen LogP contribution is 2.40. The van der Waals surface area contributed by atoms with Gasteiger partial charge < -0.3 is 30.8 Å². The Balaban J connectivity index is 1.61. The number of hydrogen-bond acceptors (Lipinski definition) is 6. The average Bonchev–Trinajstić information content (AvgIpc) is 3.49. The number of nitrogens with two attached hydrogens (primary N) is 1. The van der Waals surface area contributed by atoms with Gasteiger partial charge in [0.2, 0.25) is 5.78 Å². The standard InChI is InChI=1S/C27H27FN6O4/c1-13-23(14(2)34(3)33-13)25-18(17-10-16(37-4)11-20(28)24(17)32-25)12-22-26(35)19-9-15(5-6-21(19)38-22)31-27(36)30-8-7-29/h5-6,9-12,32H,7-8,29H2,1-4H3,(H2,30,31,36)/b22-12-. The van der Waals surface area contributed by atoms with E-state index < -0.39 is 11.8 Å². The molecule has 0 saturated heterocycles. The molecule has 5 rings (SSSR count). The van der Waals surface area contributed by atoms with Crippen LogP contribution in [0.1, 0.15) is 27.3 Å². The maximum Gasteiger partial charge on any atom is 0.319 e. The molecule has 0 saturated carbocycles. The van der Waals surface area contributed by atoms with Gasteiger partial charge in [0.15, 0.2) is 11.6 Å². The van der Waals surface area contributed by atoms with Crippen molar-refractivity contribution < 1.29 is 23.5 Å². The first kappa shape index (κ1) is 25.0. The van der Waals surface area contributed by atoms with E-state index >= 15 is 4.39 Å². The number of H-pyrrole nitrogens is 1. The molecule has 5 N–H and O–H groups in total. The second-order valence-electron chi connectivity index (χ2n) is 8.94. The zero-order valence-corrected chi connectivity index (χ0v) is 21.4. The number of aromatic nitrogens is 3. The minimum Gasteiger partial charge on any atom is -0.497 e. The van der Waals surface area contributed by atoms with E-state index in [0.29, 0.717) is 52.5 Å². The summed E-state index contributed by atoms with van der Waals surface area (Å²) in [5.74, 6) is -0.0999. The fourth-order valence-electron chi connectivity index (χ4n) is 4.61. The monoisotopic (exact) mass is 518 g/mol. The van der Waals surface area contributed by atoms with Gasteiger partial charge in [-0.3, -0.25) is 9.48 Å². The van der Waals surface area contributed by atoms with E-state index in [1.54, 1.807) is 35.0 Å². The maximum atomic E-state index is 15.1. The maximum absolute atomic E-state index is 15.1. The minimum atomic E-state index is -0.491. The number of urea groups is 1. The number of nitrogens with zero attached hydrogens (tertiary/aromatic N) is 2. The smallest absolute Gasteiger partial charge is 0.319 e. The van der Waals surface area contributed by atoms with Crippen molar-refractivity contribution in [3.63, 3.8) is 0 Å². The SMILES string of the molecule is COc1cc(F)c2[nH]c(-c3c(C)nn(C)c3C)c(/C=C3\Oc4ccc(NC(=O)NCCN)cc4C3=O)c2c1. The molecule has 0 spiro atoms. The lowest BCUT2D eigenvalue weighted by Crippen LogP contribution is -2.32. The Bertz CT molecular complexity index is 1630. The number of rotatable bonds is 6. The molecular weight excluding hydrogens is 491 g/mol. The number of hydrogen-bond donors (Lipinski definition) is 4. The Morgan fingerprint density at radius 2 is 2.08 bits per heavy atom. The van der Waals surface area contributed by atoms with Crippen molar-refractivity contribution in [2.45, 2.75) is 13.8 Å². The molecule has 196 valence electrons. The van der Waals surface area contributed by atoms with Crippen molar-refractivity contribution in [2.24, 2.45) is 12.8 Å². The number of benzene rings is 2. The number of aryl methyl sites for hydroxylation is 2. The molecule has 1 aliphatic heterocycles. The lowest BCUT2D eigenvalue weighted by molar-refractivity contribution is 0.101. The summed E-state index contributed by atoms with van der Waals surface area (Å²) in [5.41, 5.74) is 9.99. The number of carbonyl (C=O) groups excluding carboxylic acids is 2. The van der Waals surface area contributed by atoms with Gasteiger partial charge in [-0.25, -0.2) is 9.18 Å². The Labute approximate surface area is 217 Å². The minimum absolute atomic E-state index is 0.0642. The Morgan fingerprint density at radius 1 is 1.29 bits per heavy atom. The van der Waals surface area contributed by atoms with E-state index in [0.717, 1.165) is 17.0 Å². The van der Waals surface area contributed by atoms with Gasteiger partial charge in [-0.2, -0.15) is 5.10 Å². The number of allylic oxidation sites excluding steroid dienone is 1. The van der Waals surface area contributed by atoms with Crippen molar-refractivity contribution in [1.29, 1.82) is 0 Å². The number of ether oxygens (including phenoxy) is 2. The largest absolute Gasteiger partial charge is 0.497 e. The van der Waals surface area contributed by atoms with Crippen LogP contribution in [0, 0.1) is 19.7 Å². The molecular formula is C27H27FN6O4. The lowest BCUT2D eigenvalue weighted by atomic mass is 10.0. The third kappa shape index (κ3) is 4.26. The summed E-state index contributed by atoms with van der Waals surface area (Å²) in [6.45, 7) is 4.41. The summed E-state index contributed by atoms with van der Waals surface area (Å²) in [4.78, 5) is 28.6. The van der Waals surface area contributed by atoms with Crippen molar-refractivity contribution in [3.8, 4) is 22.8 Å². The molecule has 1 aliphatic rings. The normalized spacial score (nSPS) is 13.6. The van der Waals surface area contributed by atoms with E-state index in [4.69, 9.17) is 15.2 Å². The van der Waals surface area contributed by atoms with Gasteiger partial charge >= 0.3 is 6.03 Å². The van der Waals surface area contributed by atoms with Gasteiger partial charge in [-0.05, 0) is 44.2 Å². The van der Waals surface area contributed by atoms with Crippen LogP contribution in [-0.4, -0.2) is 46.8 Å². The molecule has 0 atom stereocenters. The second-order valence-corrected chi connectivity index (χ2v) is 8.94. The Kier molecular flexibility index (Phi) is 6.37. The van der Waals surface area contributed by atoms with Crippen LogP contribution >= 0.6 is 0 Å². The molecule has 38 heavy (non-hydrogen) atoms. The molecule has 0 radical (unpaired) electrons. The number of aromatic amines is 1. The van der Waals surface area contributed by atoms with Crippen molar-refractivity contribution in [3.05, 3.63) is 64.4 Å². The predicted octanol–water partition coefficient (Wildman–Crippen LogP) is 4.03. The molecule has 0 fully saturated rings. The van der Waals surface area contributed by atoms with Crippen LogP contribution in [0.3, 0.4) is 0 Å². The molecule has 10 nitrogen and oxygen atoms in total. The summed E-state index contributed by atoms with van der Waals surface area (Å²) in [7, 11) is 3.29. The highest BCUT2D eigenvalue weighted by atomic mass is 19.1. The zero-order chi connectivity index (χ0) is 27.1. The predicted molar refractivity (Wildman–Crippen MR) is 142 cm³/mol. The summed E-state index contributed by atoms with van der Waals surface area (Å²) in [5, 5.41) is 10.3. The van der Waals surface area contributed by atoms with Crippen LogP contribution < -0.4 is 25.8 Å². The van der Waals surface area contributed by atoms with Gasteiger partial charge in [0, 0.05) is 54.1 Å². The first-order valence-corrected chi connectivity index (χ1v) is 11.9. The van der Waals surface area contributed by atoms with Gasteiger partial charge in [-0.1, -0.05) is 0 Å². The molecule has 11 heteroatoms. The molecule has 2 aromatic heterocycles. The highest BCUT2D eigenvalue weighted by Gasteiger charge is 2.30. The first-order valence-electron chi connectivity index (χ1n) is 11.9. The molecule has 2 amide bonds. The first-order chi connectivity index (χ1) is 18.2. The average molecular weight is 519 g/mol. The topological polar surface area (TPSA) is 136 Å². The number of methoxy groups -OCH3 is 1. The van der Waals surface area contributed by atoms with Crippen molar-refractivity contribution >= 4 is 34.5 Å². The fraction of sp³-hybridized carbons (Fsp3) is 0.222. The number of nitrogens with one attached hydrogen (secondary N) is 3. The molecule has 4 aromatic rings. The molecule has 2 aromatic carbocycles. The van der Waals surface area contributed by atoms with Crippen LogP contribution in [0.15, 0.2) is 36.1 Å². The van der Waals surface area contributed by atoms with Crippen LogP contribution in [0.25, 0.3) is 28.2 Å². The molecule has 0 aliphatic carbocycles. The number of ketones is 1. The van der Waals surface area contributed by atoms with E-state index in [1.165, 1.54) is 13.2 Å². The van der Waals surface area contributed by atoms with Crippen LogP contribution in [-0.2, 0) is 7.05 Å². The third-order valence-corrected chi connectivity index (χ3v) is 6.50. The number of fused-ring (bicyclic) bond motifs is 2. The van der Waals surface area contributed by atoms with E-state index in [9.17, 15) is 9.59 Å². The van der Waals surface area contributed by atoms with Gasteiger partial charge in [0.05, 0.1) is 29.6 Å². The number of anilines is 1. The molecule has 0 unspecified atom stereocenters.